The number of hydrogen-bond donors (Lipinski definition) is 0. The van der Waals surface area contributed by atoms with Crippen molar-refractivity contribution in [3.05, 3.63) is 63.6 Å². The second kappa shape index (κ2) is 6.07. The van der Waals surface area contributed by atoms with Crippen LogP contribution in [0.5, 0.6) is 0 Å². The van der Waals surface area contributed by atoms with Crippen LogP contribution in [0.3, 0.4) is 0 Å². The lowest BCUT2D eigenvalue weighted by Crippen LogP contribution is -2.28. The van der Waals surface area contributed by atoms with E-state index in [2.05, 4.69) is 0 Å². The molecule has 0 aromatic heterocycles. The van der Waals surface area contributed by atoms with Crippen LogP contribution in [0, 0.1) is 11.6 Å². The van der Waals surface area contributed by atoms with E-state index in [0.29, 0.717) is 15.7 Å². The van der Waals surface area contributed by atoms with E-state index in [0.717, 1.165) is 11.8 Å². The summed E-state index contributed by atoms with van der Waals surface area (Å²) in [6, 6.07) is 8.25. The molecule has 0 bridgehead atoms. The first-order valence-electron chi connectivity index (χ1n) is 6.31. The highest BCUT2D eigenvalue weighted by molar-refractivity contribution is 8.00. The van der Waals surface area contributed by atoms with Crippen LogP contribution in [0.15, 0.2) is 36.4 Å². The third-order valence-corrected chi connectivity index (χ3v) is 4.85. The first-order chi connectivity index (χ1) is 10.5. The lowest BCUT2D eigenvalue weighted by Gasteiger charge is -2.25. The Bertz CT molecular complexity index is 716. The quantitative estimate of drug-likeness (QED) is 0.747. The number of anilines is 1. The highest BCUT2D eigenvalue weighted by Gasteiger charge is 2.37. The number of halogens is 4. The Labute approximate surface area is 140 Å². The van der Waals surface area contributed by atoms with Crippen molar-refractivity contribution in [2.24, 2.45) is 0 Å². The number of benzene rings is 2. The van der Waals surface area contributed by atoms with Gasteiger partial charge >= 0.3 is 0 Å². The standard InChI is InChI=1S/C15H9Cl2F2NOS/c16-8-4-9(17)6-10(5-8)20-13(21)7-22-15(20)14-11(18)2-1-3-12(14)19/h1-6,15H,7H2. The molecule has 0 saturated carbocycles. The SMILES string of the molecule is O=C1CSC(c2c(F)cccc2F)N1c1cc(Cl)cc(Cl)c1. The van der Waals surface area contributed by atoms with Crippen molar-refractivity contribution >= 4 is 46.6 Å². The van der Waals surface area contributed by atoms with E-state index in [-0.39, 0.29) is 17.2 Å². The summed E-state index contributed by atoms with van der Waals surface area (Å²) in [4.78, 5) is 13.5. The van der Waals surface area contributed by atoms with Crippen molar-refractivity contribution < 1.29 is 13.6 Å². The molecular weight excluding hydrogens is 351 g/mol. The second-order valence-electron chi connectivity index (χ2n) is 4.69. The summed E-state index contributed by atoms with van der Waals surface area (Å²) in [5.41, 5.74) is 0.273. The summed E-state index contributed by atoms with van der Waals surface area (Å²) < 4.78 is 28.1. The summed E-state index contributed by atoms with van der Waals surface area (Å²) in [5, 5.41) is -0.0943. The van der Waals surface area contributed by atoms with Crippen molar-refractivity contribution in [2.75, 3.05) is 10.7 Å². The molecule has 1 unspecified atom stereocenters. The van der Waals surface area contributed by atoms with Gasteiger partial charge in [-0.3, -0.25) is 9.69 Å². The van der Waals surface area contributed by atoms with E-state index >= 15 is 0 Å². The van der Waals surface area contributed by atoms with Gasteiger partial charge in [0.1, 0.15) is 17.0 Å². The van der Waals surface area contributed by atoms with Gasteiger partial charge < -0.3 is 0 Å². The van der Waals surface area contributed by atoms with Gasteiger partial charge in [0.2, 0.25) is 5.91 Å². The Morgan fingerprint density at radius 1 is 1.09 bits per heavy atom. The van der Waals surface area contributed by atoms with Gasteiger partial charge in [0, 0.05) is 15.7 Å². The van der Waals surface area contributed by atoms with E-state index < -0.39 is 17.0 Å². The maximum absolute atomic E-state index is 14.0. The van der Waals surface area contributed by atoms with Gasteiger partial charge in [-0.1, -0.05) is 29.3 Å². The molecule has 1 fully saturated rings. The minimum absolute atomic E-state index is 0.128. The van der Waals surface area contributed by atoms with Crippen LogP contribution in [-0.4, -0.2) is 11.7 Å². The maximum Gasteiger partial charge on any atom is 0.238 e. The van der Waals surface area contributed by atoms with Gasteiger partial charge in [-0.25, -0.2) is 8.78 Å². The third kappa shape index (κ3) is 2.81. The number of nitrogens with zero attached hydrogens (tertiary/aromatic N) is 1. The zero-order valence-corrected chi connectivity index (χ0v) is 13.4. The number of thioether (sulfide) groups is 1. The fraction of sp³-hybridized carbons (Fsp3) is 0.133. The van der Waals surface area contributed by atoms with E-state index in [4.69, 9.17) is 23.2 Å². The average molecular weight is 360 g/mol. The molecule has 7 heteroatoms. The molecule has 1 aliphatic heterocycles. The Balaban J connectivity index is 2.10. The zero-order chi connectivity index (χ0) is 15.9. The number of rotatable bonds is 2. The van der Waals surface area contributed by atoms with Gasteiger partial charge in [-0.15, -0.1) is 11.8 Å². The number of carbonyl (C=O) groups is 1. The molecule has 0 spiro atoms. The molecule has 0 radical (unpaired) electrons. The predicted molar refractivity (Wildman–Crippen MR) is 85.5 cm³/mol. The molecule has 3 rings (SSSR count). The average Bonchev–Trinajstić information content (AvgIpc) is 2.79. The number of amides is 1. The van der Waals surface area contributed by atoms with Crippen LogP contribution in [0.4, 0.5) is 14.5 Å². The topological polar surface area (TPSA) is 20.3 Å². The van der Waals surface area contributed by atoms with Crippen molar-refractivity contribution in [1.29, 1.82) is 0 Å². The molecule has 22 heavy (non-hydrogen) atoms. The molecule has 1 saturated heterocycles. The van der Waals surface area contributed by atoms with Gasteiger partial charge in [-0.05, 0) is 30.3 Å². The smallest absolute Gasteiger partial charge is 0.238 e. The fourth-order valence-corrected chi connectivity index (χ4v) is 4.08. The number of carbonyl (C=O) groups excluding carboxylic acids is 1. The Morgan fingerprint density at radius 2 is 1.68 bits per heavy atom. The molecule has 114 valence electrons. The molecule has 1 amide bonds. The Kier molecular flexibility index (Phi) is 4.30. The van der Waals surface area contributed by atoms with Crippen molar-refractivity contribution in [3.8, 4) is 0 Å². The zero-order valence-electron chi connectivity index (χ0n) is 11.0. The van der Waals surface area contributed by atoms with Crippen LogP contribution in [0.2, 0.25) is 10.0 Å². The second-order valence-corrected chi connectivity index (χ2v) is 6.63. The monoisotopic (exact) mass is 359 g/mol. The fourth-order valence-electron chi connectivity index (χ4n) is 2.34. The molecule has 2 nitrogen and oxygen atoms in total. The molecule has 1 atom stereocenters. The van der Waals surface area contributed by atoms with Gasteiger partial charge in [0.15, 0.2) is 0 Å². The summed E-state index contributed by atoms with van der Waals surface area (Å²) in [6.45, 7) is 0. The summed E-state index contributed by atoms with van der Waals surface area (Å²) in [5.74, 6) is -1.51. The van der Waals surface area contributed by atoms with Crippen LogP contribution < -0.4 is 4.90 Å². The first kappa shape index (κ1) is 15.6. The van der Waals surface area contributed by atoms with E-state index in [9.17, 15) is 13.6 Å². The predicted octanol–water partition coefficient (Wildman–Crippen LogP) is 5.05. The van der Waals surface area contributed by atoms with E-state index in [1.165, 1.54) is 29.2 Å². The minimum Gasteiger partial charge on any atom is -0.295 e. The summed E-state index contributed by atoms with van der Waals surface area (Å²) >= 11 is 13.1. The van der Waals surface area contributed by atoms with E-state index in [1.54, 1.807) is 12.1 Å². The maximum atomic E-state index is 14.0. The lowest BCUT2D eigenvalue weighted by molar-refractivity contribution is -0.115. The lowest BCUT2D eigenvalue weighted by atomic mass is 10.1. The van der Waals surface area contributed by atoms with Gasteiger partial charge in [0.25, 0.3) is 0 Å². The van der Waals surface area contributed by atoms with Gasteiger partial charge in [0.05, 0.1) is 11.3 Å². The minimum atomic E-state index is -0.789. The Morgan fingerprint density at radius 3 is 2.27 bits per heavy atom. The summed E-state index contributed by atoms with van der Waals surface area (Å²) in [7, 11) is 0. The highest BCUT2D eigenvalue weighted by Crippen LogP contribution is 2.44. The van der Waals surface area contributed by atoms with Crippen LogP contribution in [-0.2, 0) is 4.79 Å². The molecule has 1 heterocycles. The summed E-state index contributed by atoms with van der Waals surface area (Å²) in [6.07, 6.45) is 0. The van der Waals surface area contributed by atoms with Crippen molar-refractivity contribution in [3.63, 3.8) is 0 Å². The van der Waals surface area contributed by atoms with Crippen LogP contribution in [0.1, 0.15) is 10.9 Å². The molecule has 2 aromatic carbocycles. The van der Waals surface area contributed by atoms with Crippen molar-refractivity contribution in [1.82, 2.24) is 0 Å². The Hall–Kier alpha value is -1.30. The molecular formula is C15H9Cl2F2NOS. The third-order valence-electron chi connectivity index (χ3n) is 3.24. The van der Waals surface area contributed by atoms with E-state index in [1.807, 2.05) is 0 Å². The number of hydrogen-bond acceptors (Lipinski definition) is 2. The largest absolute Gasteiger partial charge is 0.295 e. The molecule has 0 aliphatic carbocycles. The van der Waals surface area contributed by atoms with Crippen LogP contribution in [0.25, 0.3) is 0 Å². The van der Waals surface area contributed by atoms with Gasteiger partial charge in [-0.2, -0.15) is 0 Å². The highest BCUT2D eigenvalue weighted by atomic mass is 35.5. The molecule has 1 aliphatic rings. The normalized spacial score (nSPS) is 18.1. The van der Waals surface area contributed by atoms with Crippen molar-refractivity contribution in [2.45, 2.75) is 5.37 Å². The molecule has 2 aromatic rings. The first-order valence-corrected chi connectivity index (χ1v) is 8.11. The van der Waals surface area contributed by atoms with Crippen LogP contribution >= 0.6 is 35.0 Å². The molecule has 0 N–H and O–H groups in total.